The number of anilines is 1. The first-order valence-corrected chi connectivity index (χ1v) is 8.05. The zero-order chi connectivity index (χ0) is 16.2. The van der Waals surface area contributed by atoms with Crippen LogP contribution in [0, 0.1) is 20.8 Å². The minimum atomic E-state index is 0.987. The minimum Gasteiger partial charge on any atom is -0.379 e. The molecule has 0 aliphatic rings. The standard InChI is InChI=1S/C20H29N2/c1-16-13-17(2)20(18(3)14-16)15-22(4,5)12-11-21-19-9-7-6-8-10-19/h6-10,13-14,21H,11-12,15H2,1-5H3/q+1. The van der Waals surface area contributed by atoms with Gasteiger partial charge in [0.15, 0.2) is 0 Å². The van der Waals surface area contributed by atoms with Crippen molar-refractivity contribution in [2.75, 3.05) is 32.5 Å². The first-order valence-electron chi connectivity index (χ1n) is 8.05. The number of para-hydroxylation sites is 1. The Morgan fingerprint density at radius 2 is 1.50 bits per heavy atom. The molecule has 0 amide bonds. The van der Waals surface area contributed by atoms with Gasteiger partial charge >= 0.3 is 0 Å². The summed E-state index contributed by atoms with van der Waals surface area (Å²) >= 11 is 0. The topological polar surface area (TPSA) is 12.0 Å². The molecule has 2 aromatic carbocycles. The van der Waals surface area contributed by atoms with E-state index in [1.165, 1.54) is 27.9 Å². The second-order valence-corrected chi connectivity index (χ2v) is 6.99. The second kappa shape index (κ2) is 6.97. The van der Waals surface area contributed by atoms with Crippen LogP contribution in [0.25, 0.3) is 0 Å². The molecule has 0 bridgehead atoms. The molecule has 0 saturated heterocycles. The Morgan fingerprint density at radius 1 is 0.909 bits per heavy atom. The Labute approximate surface area is 135 Å². The molecule has 0 atom stereocenters. The van der Waals surface area contributed by atoms with Crippen molar-refractivity contribution in [1.29, 1.82) is 0 Å². The van der Waals surface area contributed by atoms with Gasteiger partial charge in [-0.2, -0.15) is 0 Å². The largest absolute Gasteiger partial charge is 0.379 e. The van der Waals surface area contributed by atoms with Crippen LogP contribution in [0.3, 0.4) is 0 Å². The number of quaternary nitrogens is 1. The van der Waals surface area contributed by atoms with Crippen molar-refractivity contribution in [3.05, 3.63) is 64.7 Å². The molecule has 118 valence electrons. The number of hydrogen-bond acceptors (Lipinski definition) is 1. The lowest BCUT2D eigenvalue weighted by Crippen LogP contribution is -2.42. The summed E-state index contributed by atoms with van der Waals surface area (Å²) in [6, 6.07) is 15.0. The van der Waals surface area contributed by atoms with Gasteiger partial charge < -0.3 is 9.80 Å². The van der Waals surface area contributed by atoms with Gasteiger partial charge in [-0.15, -0.1) is 0 Å². The van der Waals surface area contributed by atoms with E-state index in [9.17, 15) is 0 Å². The molecule has 0 radical (unpaired) electrons. The van der Waals surface area contributed by atoms with Crippen LogP contribution < -0.4 is 5.32 Å². The third kappa shape index (κ3) is 4.60. The summed E-state index contributed by atoms with van der Waals surface area (Å²) in [5, 5.41) is 3.51. The second-order valence-electron chi connectivity index (χ2n) is 6.99. The summed E-state index contributed by atoms with van der Waals surface area (Å²) in [6.07, 6.45) is 0. The van der Waals surface area contributed by atoms with Gasteiger partial charge in [0.2, 0.25) is 0 Å². The summed E-state index contributed by atoms with van der Waals surface area (Å²) < 4.78 is 0.991. The fourth-order valence-corrected chi connectivity index (χ4v) is 3.03. The van der Waals surface area contributed by atoms with Crippen LogP contribution >= 0.6 is 0 Å². The smallest absolute Gasteiger partial charge is 0.105 e. The van der Waals surface area contributed by atoms with Gasteiger partial charge in [-0.25, -0.2) is 0 Å². The van der Waals surface area contributed by atoms with Crippen LogP contribution in [0.15, 0.2) is 42.5 Å². The lowest BCUT2D eigenvalue weighted by atomic mass is 9.99. The normalized spacial score (nSPS) is 11.5. The van der Waals surface area contributed by atoms with Crippen molar-refractivity contribution in [1.82, 2.24) is 0 Å². The van der Waals surface area contributed by atoms with E-state index in [4.69, 9.17) is 0 Å². The molecular formula is C20H29N2+. The average Bonchev–Trinajstić information content (AvgIpc) is 2.44. The molecule has 0 saturated carbocycles. The molecule has 2 heteroatoms. The number of nitrogens with one attached hydrogen (secondary N) is 1. The van der Waals surface area contributed by atoms with E-state index in [-0.39, 0.29) is 0 Å². The molecule has 0 fully saturated rings. The first kappa shape index (κ1) is 16.6. The highest BCUT2D eigenvalue weighted by molar-refractivity contribution is 5.42. The SMILES string of the molecule is Cc1cc(C)c(C[N+](C)(C)CCNc2ccccc2)c(C)c1. The van der Waals surface area contributed by atoms with Gasteiger partial charge in [0, 0.05) is 11.3 Å². The van der Waals surface area contributed by atoms with Crippen molar-refractivity contribution < 1.29 is 4.48 Å². The molecule has 22 heavy (non-hydrogen) atoms. The highest BCUT2D eigenvalue weighted by Crippen LogP contribution is 2.20. The average molecular weight is 297 g/mol. The molecule has 2 rings (SSSR count). The van der Waals surface area contributed by atoms with Crippen LogP contribution in [0.4, 0.5) is 5.69 Å². The Morgan fingerprint density at radius 3 is 2.09 bits per heavy atom. The maximum Gasteiger partial charge on any atom is 0.105 e. The van der Waals surface area contributed by atoms with Crippen molar-refractivity contribution in [2.45, 2.75) is 27.3 Å². The van der Waals surface area contributed by atoms with Crippen molar-refractivity contribution >= 4 is 5.69 Å². The third-order valence-corrected chi connectivity index (χ3v) is 4.25. The maximum absolute atomic E-state index is 3.51. The van der Waals surface area contributed by atoms with Gasteiger partial charge in [-0.1, -0.05) is 35.9 Å². The maximum atomic E-state index is 3.51. The highest BCUT2D eigenvalue weighted by Gasteiger charge is 2.18. The Balaban J connectivity index is 1.96. The zero-order valence-corrected chi connectivity index (χ0v) is 14.6. The number of rotatable bonds is 6. The molecule has 1 N–H and O–H groups in total. The monoisotopic (exact) mass is 297 g/mol. The molecule has 0 spiro atoms. The van der Waals surface area contributed by atoms with E-state index < -0.39 is 0 Å². The number of benzene rings is 2. The predicted octanol–water partition coefficient (Wildman–Crippen LogP) is 4.30. The predicted molar refractivity (Wildman–Crippen MR) is 96.3 cm³/mol. The number of likely N-dealkylation sites (N-methyl/N-ethyl adjacent to an activating group) is 1. The van der Waals surface area contributed by atoms with Crippen LogP contribution in [0.1, 0.15) is 22.3 Å². The number of nitrogens with zero attached hydrogens (tertiary/aromatic N) is 1. The van der Waals surface area contributed by atoms with Gasteiger partial charge in [-0.3, -0.25) is 0 Å². The summed E-state index contributed by atoms with van der Waals surface area (Å²) in [7, 11) is 4.62. The Bertz CT molecular complexity index is 592. The van der Waals surface area contributed by atoms with E-state index in [0.717, 1.165) is 24.1 Å². The zero-order valence-electron chi connectivity index (χ0n) is 14.6. The first-order chi connectivity index (χ1) is 10.4. The van der Waals surface area contributed by atoms with Crippen LogP contribution in [0.2, 0.25) is 0 Å². The van der Waals surface area contributed by atoms with Gasteiger partial charge in [-0.05, 0) is 44.0 Å². The van der Waals surface area contributed by atoms with Gasteiger partial charge in [0.1, 0.15) is 6.54 Å². The number of hydrogen-bond donors (Lipinski definition) is 1. The van der Waals surface area contributed by atoms with Crippen LogP contribution in [0.5, 0.6) is 0 Å². The lowest BCUT2D eigenvalue weighted by Gasteiger charge is -2.31. The van der Waals surface area contributed by atoms with Crippen molar-refractivity contribution in [3.8, 4) is 0 Å². The summed E-state index contributed by atoms with van der Waals surface area (Å²) in [4.78, 5) is 0. The summed E-state index contributed by atoms with van der Waals surface area (Å²) in [5.41, 5.74) is 6.88. The fraction of sp³-hybridized carbons (Fsp3) is 0.400. The van der Waals surface area contributed by atoms with E-state index >= 15 is 0 Å². The van der Waals surface area contributed by atoms with E-state index in [1.807, 2.05) is 6.07 Å². The lowest BCUT2D eigenvalue weighted by molar-refractivity contribution is -0.902. The molecule has 0 unspecified atom stereocenters. The molecule has 0 heterocycles. The Kier molecular flexibility index (Phi) is 5.25. The third-order valence-electron chi connectivity index (χ3n) is 4.25. The van der Waals surface area contributed by atoms with Crippen LogP contribution in [-0.4, -0.2) is 31.7 Å². The summed E-state index contributed by atoms with van der Waals surface area (Å²) in [5.74, 6) is 0. The summed E-state index contributed by atoms with van der Waals surface area (Å²) in [6.45, 7) is 9.81. The molecule has 0 aliphatic carbocycles. The van der Waals surface area contributed by atoms with Gasteiger partial charge in [0.25, 0.3) is 0 Å². The molecule has 2 aromatic rings. The molecule has 0 aromatic heterocycles. The minimum absolute atomic E-state index is 0.987. The van der Waals surface area contributed by atoms with E-state index in [0.29, 0.717) is 0 Å². The Hall–Kier alpha value is -1.80. The number of aryl methyl sites for hydroxylation is 3. The van der Waals surface area contributed by atoms with E-state index in [2.05, 4.69) is 76.6 Å². The quantitative estimate of drug-likeness (QED) is 0.784. The molecular weight excluding hydrogens is 268 g/mol. The van der Waals surface area contributed by atoms with E-state index in [1.54, 1.807) is 0 Å². The van der Waals surface area contributed by atoms with Crippen molar-refractivity contribution in [2.24, 2.45) is 0 Å². The van der Waals surface area contributed by atoms with Crippen LogP contribution in [-0.2, 0) is 6.54 Å². The van der Waals surface area contributed by atoms with Crippen molar-refractivity contribution in [3.63, 3.8) is 0 Å². The van der Waals surface area contributed by atoms with Gasteiger partial charge in [0.05, 0.1) is 27.2 Å². The molecule has 0 aliphatic heterocycles. The fourth-order valence-electron chi connectivity index (χ4n) is 3.03. The highest BCUT2D eigenvalue weighted by atomic mass is 15.3. The molecule has 2 nitrogen and oxygen atoms in total.